The summed E-state index contributed by atoms with van der Waals surface area (Å²) in [4.78, 5) is 0. The third kappa shape index (κ3) is 2.89. The maximum Gasteiger partial charge on any atom is 0.126 e. The van der Waals surface area contributed by atoms with Gasteiger partial charge in [-0.2, -0.15) is 0 Å². The molecule has 0 spiro atoms. The highest BCUT2D eigenvalue weighted by atomic mass is 16.5. The van der Waals surface area contributed by atoms with E-state index in [1.807, 2.05) is 0 Å². The van der Waals surface area contributed by atoms with E-state index in [4.69, 9.17) is 4.74 Å². The number of ether oxygens (including phenoxy) is 1. The van der Waals surface area contributed by atoms with Crippen LogP contribution in [0.4, 0.5) is 0 Å². The monoisotopic (exact) mass is 294 g/mol. The zero-order valence-corrected chi connectivity index (χ0v) is 13.6. The van der Waals surface area contributed by atoms with Crippen LogP contribution in [0.2, 0.25) is 0 Å². The lowest BCUT2D eigenvalue weighted by Gasteiger charge is -2.56. The number of likely N-dealkylation sites (tertiary alicyclic amines) is 1. The minimum atomic E-state index is -0.277. The van der Waals surface area contributed by atoms with Crippen molar-refractivity contribution in [2.24, 2.45) is 17.8 Å². The van der Waals surface area contributed by atoms with Gasteiger partial charge in [-0.25, -0.2) is 0 Å². The molecule has 21 heavy (non-hydrogen) atoms. The van der Waals surface area contributed by atoms with Crippen LogP contribution in [0.15, 0.2) is 0 Å². The van der Waals surface area contributed by atoms with E-state index >= 15 is 0 Å². The predicted molar refractivity (Wildman–Crippen MR) is 82.9 cm³/mol. The third-order valence-electron chi connectivity index (χ3n) is 6.86. The van der Waals surface area contributed by atoms with Gasteiger partial charge in [0.1, 0.15) is 12.6 Å². The molecule has 1 saturated heterocycles. The highest BCUT2D eigenvalue weighted by Gasteiger charge is 2.51. The van der Waals surface area contributed by atoms with Crippen LogP contribution in [0.1, 0.15) is 51.4 Å². The number of hydrogen-bond acceptors (Lipinski definition) is 2. The Morgan fingerprint density at radius 1 is 1.05 bits per heavy atom. The van der Waals surface area contributed by atoms with Crippen molar-refractivity contribution in [3.63, 3.8) is 0 Å². The summed E-state index contributed by atoms with van der Waals surface area (Å²) in [5.74, 6) is 2.78. The van der Waals surface area contributed by atoms with Gasteiger partial charge in [-0.3, -0.25) is 0 Å². The second-order valence-electron chi connectivity index (χ2n) is 9.02. The van der Waals surface area contributed by atoms with E-state index in [1.165, 1.54) is 64.5 Å². The van der Waals surface area contributed by atoms with Crippen LogP contribution in [0.3, 0.4) is 0 Å². The van der Waals surface area contributed by atoms with Gasteiger partial charge in [-0.15, -0.1) is 0 Å². The van der Waals surface area contributed by atoms with E-state index in [1.54, 1.807) is 0 Å². The number of nitrogens with zero attached hydrogens (tertiary/aromatic N) is 1. The maximum atomic E-state index is 10.4. The SMILES string of the molecule is C[N+]1(C[C@H](O)COC23CC4CC(CC(C4)C2)C3)CCCC1. The van der Waals surface area contributed by atoms with Crippen LogP contribution in [0.25, 0.3) is 0 Å². The van der Waals surface area contributed by atoms with Gasteiger partial charge >= 0.3 is 0 Å². The number of hydrogen-bond donors (Lipinski definition) is 1. The molecule has 5 rings (SSSR count). The highest BCUT2D eigenvalue weighted by molar-refractivity contribution is 5.03. The van der Waals surface area contributed by atoms with Crippen molar-refractivity contribution in [3.05, 3.63) is 0 Å². The summed E-state index contributed by atoms with van der Waals surface area (Å²) in [7, 11) is 2.29. The third-order valence-corrected chi connectivity index (χ3v) is 6.86. The van der Waals surface area contributed by atoms with Gasteiger partial charge in [0.05, 0.1) is 32.3 Å². The Bertz CT molecular complexity index is 353. The van der Waals surface area contributed by atoms with Crippen molar-refractivity contribution in [3.8, 4) is 0 Å². The molecule has 1 N–H and O–H groups in total. The first-order chi connectivity index (χ1) is 10.0. The molecule has 0 amide bonds. The summed E-state index contributed by atoms with van der Waals surface area (Å²) in [6.07, 6.45) is 10.6. The minimum absolute atomic E-state index is 0.152. The van der Waals surface area contributed by atoms with Gasteiger partial charge in [0.25, 0.3) is 0 Å². The lowest BCUT2D eigenvalue weighted by atomic mass is 9.54. The van der Waals surface area contributed by atoms with E-state index in [-0.39, 0.29) is 11.7 Å². The van der Waals surface area contributed by atoms with E-state index in [0.717, 1.165) is 28.8 Å². The van der Waals surface area contributed by atoms with E-state index in [0.29, 0.717) is 6.61 Å². The fourth-order valence-electron chi connectivity index (χ4n) is 6.32. The summed E-state index contributed by atoms with van der Waals surface area (Å²) >= 11 is 0. The molecule has 120 valence electrons. The van der Waals surface area contributed by atoms with E-state index in [2.05, 4.69) is 7.05 Å². The van der Waals surface area contributed by atoms with Crippen LogP contribution in [0, 0.1) is 17.8 Å². The average molecular weight is 294 g/mol. The van der Waals surface area contributed by atoms with Crippen molar-refractivity contribution in [2.75, 3.05) is 33.3 Å². The molecular formula is C18H32NO2+. The molecule has 3 nitrogen and oxygen atoms in total. The van der Waals surface area contributed by atoms with Gasteiger partial charge in [0, 0.05) is 12.8 Å². The Morgan fingerprint density at radius 3 is 2.10 bits per heavy atom. The van der Waals surface area contributed by atoms with Crippen molar-refractivity contribution >= 4 is 0 Å². The first kappa shape index (κ1) is 14.5. The molecule has 1 heterocycles. The Morgan fingerprint density at radius 2 is 1.57 bits per heavy atom. The molecule has 1 atom stereocenters. The zero-order chi connectivity index (χ0) is 14.5. The Labute approximate surface area is 129 Å². The first-order valence-corrected chi connectivity index (χ1v) is 9.20. The number of aliphatic hydroxyl groups excluding tert-OH is 1. The van der Waals surface area contributed by atoms with Crippen LogP contribution >= 0.6 is 0 Å². The number of likely N-dealkylation sites (N-methyl/N-ethyl adjacent to an activating group) is 1. The minimum Gasteiger partial charge on any atom is -0.385 e. The zero-order valence-electron chi connectivity index (χ0n) is 13.6. The lowest BCUT2D eigenvalue weighted by molar-refractivity contribution is -0.900. The molecule has 4 bridgehead atoms. The van der Waals surface area contributed by atoms with Gasteiger partial charge in [-0.1, -0.05) is 0 Å². The number of quaternary nitrogens is 1. The molecule has 0 aromatic rings. The summed E-state index contributed by atoms with van der Waals surface area (Å²) in [6, 6.07) is 0. The quantitative estimate of drug-likeness (QED) is 0.790. The molecule has 0 aromatic heterocycles. The fourth-order valence-corrected chi connectivity index (χ4v) is 6.32. The van der Waals surface area contributed by atoms with Crippen LogP contribution < -0.4 is 0 Å². The smallest absolute Gasteiger partial charge is 0.126 e. The molecule has 3 heteroatoms. The molecule has 0 aromatic carbocycles. The van der Waals surface area contributed by atoms with Crippen molar-refractivity contribution in [1.29, 1.82) is 0 Å². The van der Waals surface area contributed by atoms with Gasteiger partial charge in [0.15, 0.2) is 0 Å². The predicted octanol–water partition coefficient (Wildman–Crippen LogP) is 2.57. The van der Waals surface area contributed by atoms with Crippen molar-refractivity contribution < 1.29 is 14.3 Å². The largest absolute Gasteiger partial charge is 0.385 e. The molecule has 0 radical (unpaired) electrons. The molecular weight excluding hydrogens is 262 g/mol. The molecule has 0 unspecified atom stereocenters. The average Bonchev–Trinajstić information content (AvgIpc) is 2.81. The summed E-state index contributed by atoms with van der Waals surface area (Å²) in [6.45, 7) is 3.91. The summed E-state index contributed by atoms with van der Waals surface area (Å²) in [5.41, 5.74) is 0.152. The summed E-state index contributed by atoms with van der Waals surface area (Å²) in [5, 5.41) is 10.4. The molecule has 4 saturated carbocycles. The first-order valence-electron chi connectivity index (χ1n) is 9.20. The van der Waals surface area contributed by atoms with E-state index in [9.17, 15) is 5.11 Å². The van der Waals surface area contributed by atoms with Crippen LogP contribution in [0.5, 0.6) is 0 Å². The Kier molecular flexibility index (Phi) is 3.59. The Balaban J connectivity index is 1.32. The van der Waals surface area contributed by atoms with Gasteiger partial charge in [0.2, 0.25) is 0 Å². The second-order valence-corrected chi connectivity index (χ2v) is 9.02. The Hall–Kier alpha value is -0.120. The maximum absolute atomic E-state index is 10.4. The molecule has 5 aliphatic rings. The highest BCUT2D eigenvalue weighted by Crippen LogP contribution is 2.57. The molecule has 1 aliphatic heterocycles. The molecule has 4 aliphatic carbocycles. The topological polar surface area (TPSA) is 29.5 Å². The van der Waals surface area contributed by atoms with Crippen molar-refractivity contribution in [2.45, 2.75) is 63.1 Å². The number of rotatable bonds is 5. The number of aliphatic hydroxyl groups is 1. The van der Waals surface area contributed by atoms with E-state index < -0.39 is 0 Å². The summed E-state index contributed by atoms with van der Waals surface area (Å²) < 4.78 is 7.45. The molecule has 5 fully saturated rings. The fraction of sp³-hybridized carbons (Fsp3) is 1.00. The van der Waals surface area contributed by atoms with Crippen molar-refractivity contribution in [1.82, 2.24) is 0 Å². The van der Waals surface area contributed by atoms with Gasteiger partial charge < -0.3 is 14.3 Å². The van der Waals surface area contributed by atoms with Gasteiger partial charge in [-0.05, 0) is 56.3 Å². The normalized spacial score (nSPS) is 45.1. The van der Waals surface area contributed by atoms with Crippen LogP contribution in [-0.2, 0) is 4.74 Å². The van der Waals surface area contributed by atoms with Crippen LogP contribution in [-0.4, -0.2) is 54.6 Å². The lowest BCUT2D eigenvalue weighted by Crippen LogP contribution is -2.54. The second kappa shape index (κ2) is 5.21. The standard InChI is InChI=1S/C18H32NO2/c1-19(4-2-3-5-19)12-17(20)13-21-18-9-14-6-15(10-18)8-16(7-14)11-18/h14-17,20H,2-13H2,1H3/q+1/t14?,15?,16?,17-,18?/m0/s1.